The van der Waals surface area contributed by atoms with Crippen molar-refractivity contribution in [2.45, 2.75) is 65.5 Å². The van der Waals surface area contributed by atoms with Crippen LogP contribution in [0, 0.1) is 0 Å². The predicted octanol–water partition coefficient (Wildman–Crippen LogP) is 4.98. The van der Waals surface area contributed by atoms with Gasteiger partial charge in [0.2, 0.25) is 0 Å². The Morgan fingerprint density at radius 1 is 1.15 bits per heavy atom. The molecule has 0 aliphatic carbocycles. The first-order valence-corrected chi connectivity index (χ1v) is 12.6. The number of piperidine rings is 1. The number of methoxy groups -OCH3 is 2. The lowest BCUT2D eigenvalue weighted by molar-refractivity contribution is 0.138. The summed E-state index contributed by atoms with van der Waals surface area (Å²) in [6, 6.07) is 4.57. The van der Waals surface area contributed by atoms with Gasteiger partial charge in [0.25, 0.3) is 0 Å². The quantitative estimate of drug-likeness (QED) is 0.527. The zero-order valence-corrected chi connectivity index (χ0v) is 21.8. The van der Waals surface area contributed by atoms with Crippen LogP contribution in [0.15, 0.2) is 36.1 Å². The third-order valence-corrected chi connectivity index (χ3v) is 6.00. The van der Waals surface area contributed by atoms with E-state index in [0.29, 0.717) is 6.61 Å². The summed E-state index contributed by atoms with van der Waals surface area (Å²) in [5.41, 5.74) is 3.63. The van der Waals surface area contributed by atoms with E-state index in [0.717, 1.165) is 56.8 Å². The highest BCUT2D eigenvalue weighted by Crippen LogP contribution is 2.36. The van der Waals surface area contributed by atoms with Gasteiger partial charge in [-0.3, -0.25) is 4.90 Å². The van der Waals surface area contributed by atoms with E-state index < -0.39 is 0 Å². The molecule has 0 spiro atoms. The fourth-order valence-corrected chi connectivity index (χ4v) is 4.41. The maximum absolute atomic E-state index is 11.6. The van der Waals surface area contributed by atoms with Gasteiger partial charge in [-0.2, -0.15) is 0 Å². The van der Waals surface area contributed by atoms with Crippen LogP contribution < -0.4 is 20.1 Å². The number of likely N-dealkylation sites (tertiary alicyclic amines) is 1. The number of dihydropyridines is 1. The van der Waals surface area contributed by atoms with Gasteiger partial charge in [-0.1, -0.05) is 33.3 Å². The Balaban J connectivity index is 0.00000199. The average molecular weight is 474 g/mol. The van der Waals surface area contributed by atoms with Crippen molar-refractivity contribution < 1.29 is 19.0 Å². The summed E-state index contributed by atoms with van der Waals surface area (Å²) in [6.45, 7) is 11.2. The van der Waals surface area contributed by atoms with Crippen molar-refractivity contribution in [3.8, 4) is 11.5 Å². The Morgan fingerprint density at radius 2 is 1.88 bits per heavy atom. The summed E-state index contributed by atoms with van der Waals surface area (Å²) in [5, 5.41) is 6.43. The molecule has 2 heterocycles. The average Bonchev–Trinajstić information content (AvgIpc) is 2.86. The number of hydrogen-bond acceptors (Lipinski definition) is 6. The van der Waals surface area contributed by atoms with Crippen molar-refractivity contribution >= 4 is 6.09 Å². The van der Waals surface area contributed by atoms with E-state index in [4.69, 9.17) is 14.2 Å². The lowest BCUT2D eigenvalue weighted by Crippen LogP contribution is -2.45. The Hall–Kier alpha value is -2.67. The van der Waals surface area contributed by atoms with E-state index in [1.54, 1.807) is 14.2 Å². The molecule has 7 nitrogen and oxygen atoms in total. The molecule has 190 valence electrons. The molecule has 1 aromatic rings. The van der Waals surface area contributed by atoms with E-state index in [2.05, 4.69) is 46.7 Å². The first-order valence-electron chi connectivity index (χ1n) is 12.6. The fraction of sp³-hybridized carbons (Fsp3) is 0.593. The highest BCUT2D eigenvalue weighted by Gasteiger charge is 2.23. The smallest absolute Gasteiger partial charge is 0.407 e. The molecule has 0 radical (unpaired) electrons. The second-order valence-corrected chi connectivity index (χ2v) is 8.30. The molecular weight excluding hydrogens is 430 g/mol. The van der Waals surface area contributed by atoms with Crippen LogP contribution in [0.25, 0.3) is 0 Å². The van der Waals surface area contributed by atoms with Crippen LogP contribution in [0.1, 0.15) is 64.1 Å². The molecule has 0 saturated carbocycles. The van der Waals surface area contributed by atoms with Crippen molar-refractivity contribution in [1.82, 2.24) is 15.5 Å². The Bertz CT molecular complexity index is 829. The summed E-state index contributed by atoms with van der Waals surface area (Å²) >= 11 is 0. The number of alkyl carbamates (subject to hydrolysis) is 1. The molecule has 3 rings (SSSR count). The highest BCUT2D eigenvalue weighted by molar-refractivity contribution is 5.67. The minimum Gasteiger partial charge on any atom is -0.493 e. The van der Waals surface area contributed by atoms with E-state index in [1.165, 1.54) is 16.7 Å². The number of amides is 1. The molecule has 7 heteroatoms. The molecule has 1 aromatic carbocycles. The Labute approximate surface area is 205 Å². The van der Waals surface area contributed by atoms with Gasteiger partial charge in [-0.05, 0) is 67.3 Å². The fourth-order valence-electron chi connectivity index (χ4n) is 4.41. The van der Waals surface area contributed by atoms with Gasteiger partial charge in [-0.15, -0.1) is 0 Å². The largest absolute Gasteiger partial charge is 0.493 e. The number of carbonyl (C=O) groups is 1. The third-order valence-electron chi connectivity index (χ3n) is 6.00. The van der Waals surface area contributed by atoms with E-state index >= 15 is 0 Å². The minimum atomic E-state index is -0.310. The number of carbonyl (C=O) groups excluding carboxylic acids is 1. The van der Waals surface area contributed by atoms with Crippen LogP contribution in [0.3, 0.4) is 0 Å². The van der Waals surface area contributed by atoms with E-state index in [1.807, 2.05) is 27.0 Å². The normalized spacial score (nSPS) is 18.2. The molecule has 2 aliphatic heterocycles. The molecule has 1 unspecified atom stereocenters. The van der Waals surface area contributed by atoms with Crippen molar-refractivity contribution in [1.29, 1.82) is 0 Å². The summed E-state index contributed by atoms with van der Waals surface area (Å²) in [6.07, 6.45) is 10.0. The summed E-state index contributed by atoms with van der Waals surface area (Å²) in [7, 11) is 3.38. The van der Waals surface area contributed by atoms with Gasteiger partial charge in [0.05, 0.1) is 26.9 Å². The van der Waals surface area contributed by atoms with Gasteiger partial charge in [0, 0.05) is 25.7 Å². The summed E-state index contributed by atoms with van der Waals surface area (Å²) < 4.78 is 16.2. The summed E-state index contributed by atoms with van der Waals surface area (Å²) in [4.78, 5) is 14.1. The van der Waals surface area contributed by atoms with Crippen molar-refractivity contribution in [3.05, 3.63) is 47.2 Å². The van der Waals surface area contributed by atoms with Gasteiger partial charge < -0.3 is 24.8 Å². The van der Waals surface area contributed by atoms with Crippen LogP contribution in [0.2, 0.25) is 0 Å². The standard InChI is InChI=1S/C25H37N3O4.C2H6/c1-5-7-19-15-20(16-23(30-3)24(19)31-4)22-14-18(8-11-26-22)17-28-12-9-21(10-13-28)27-25(29)32-6-2;1-2/h8,11,14-16,21-22,26H,5-7,9-10,12-13,17H2,1-4H3,(H,27,29);1-2H3. The number of ether oxygens (including phenoxy) is 3. The lowest BCUT2D eigenvalue weighted by Gasteiger charge is -2.33. The van der Waals surface area contributed by atoms with Crippen molar-refractivity contribution in [2.24, 2.45) is 0 Å². The monoisotopic (exact) mass is 473 g/mol. The highest BCUT2D eigenvalue weighted by atomic mass is 16.5. The molecule has 0 bridgehead atoms. The zero-order chi connectivity index (χ0) is 24.9. The van der Waals surface area contributed by atoms with Crippen LogP contribution in [-0.2, 0) is 11.2 Å². The topological polar surface area (TPSA) is 72.1 Å². The second kappa shape index (κ2) is 14.6. The van der Waals surface area contributed by atoms with Crippen LogP contribution in [0.4, 0.5) is 4.79 Å². The number of rotatable bonds is 9. The number of aryl methyl sites for hydroxylation is 1. The first-order chi connectivity index (χ1) is 16.6. The number of nitrogens with one attached hydrogen (secondary N) is 2. The Morgan fingerprint density at radius 3 is 2.50 bits per heavy atom. The van der Waals surface area contributed by atoms with E-state index in [-0.39, 0.29) is 18.2 Å². The van der Waals surface area contributed by atoms with Crippen LogP contribution in [0.5, 0.6) is 11.5 Å². The molecule has 2 N–H and O–H groups in total. The molecule has 34 heavy (non-hydrogen) atoms. The molecule has 1 amide bonds. The number of benzene rings is 1. The molecule has 0 aromatic heterocycles. The molecule has 1 fully saturated rings. The minimum absolute atomic E-state index is 0.0911. The molecular formula is C27H43N3O4. The van der Waals surface area contributed by atoms with Gasteiger partial charge in [0.1, 0.15) is 0 Å². The summed E-state index contributed by atoms with van der Waals surface area (Å²) in [5.74, 6) is 1.60. The Kier molecular flexibility index (Phi) is 11.8. The van der Waals surface area contributed by atoms with Crippen LogP contribution in [-0.4, -0.2) is 57.5 Å². The SMILES string of the molecule is CC.CCCc1cc(C2C=C(CN3CCC(NC(=O)OCC)CC3)C=CN2)cc(OC)c1OC. The molecule has 2 aliphatic rings. The van der Waals surface area contributed by atoms with Crippen LogP contribution >= 0.6 is 0 Å². The van der Waals surface area contributed by atoms with Crippen molar-refractivity contribution in [2.75, 3.05) is 40.5 Å². The maximum atomic E-state index is 11.6. The van der Waals surface area contributed by atoms with Gasteiger partial charge >= 0.3 is 6.09 Å². The first kappa shape index (κ1) is 27.6. The van der Waals surface area contributed by atoms with Gasteiger partial charge in [0.15, 0.2) is 11.5 Å². The van der Waals surface area contributed by atoms with Gasteiger partial charge in [-0.25, -0.2) is 4.79 Å². The second-order valence-electron chi connectivity index (χ2n) is 8.30. The lowest BCUT2D eigenvalue weighted by atomic mass is 9.96. The number of hydrogen-bond donors (Lipinski definition) is 2. The third kappa shape index (κ3) is 7.69. The molecule has 1 atom stereocenters. The molecule has 1 saturated heterocycles. The number of nitrogens with zero attached hydrogens (tertiary/aromatic N) is 1. The van der Waals surface area contributed by atoms with Crippen molar-refractivity contribution in [3.63, 3.8) is 0 Å². The maximum Gasteiger partial charge on any atom is 0.407 e. The van der Waals surface area contributed by atoms with E-state index in [9.17, 15) is 4.79 Å². The predicted molar refractivity (Wildman–Crippen MR) is 138 cm³/mol. The zero-order valence-electron chi connectivity index (χ0n) is 21.8.